The Bertz CT molecular complexity index is 696. The summed E-state index contributed by atoms with van der Waals surface area (Å²) in [6.07, 6.45) is 2.74. The molecule has 1 aliphatic carbocycles. The van der Waals surface area contributed by atoms with Gasteiger partial charge in [0.05, 0.1) is 4.88 Å². The molecule has 2 aromatic rings. The first-order valence-electron chi connectivity index (χ1n) is 8.80. The van der Waals surface area contributed by atoms with E-state index < -0.39 is 0 Å². The zero-order chi connectivity index (χ0) is 17.6. The molecular formula is C20H24N2O2S. The van der Waals surface area contributed by atoms with Gasteiger partial charge in [-0.2, -0.15) is 0 Å². The molecule has 132 valence electrons. The van der Waals surface area contributed by atoms with Crippen LogP contribution in [0.2, 0.25) is 0 Å². The number of hydrogen-bond acceptors (Lipinski definition) is 3. The summed E-state index contributed by atoms with van der Waals surface area (Å²) in [4.78, 5) is 27.4. The van der Waals surface area contributed by atoms with Crippen molar-refractivity contribution in [2.24, 2.45) is 5.92 Å². The highest BCUT2D eigenvalue weighted by Crippen LogP contribution is 2.35. The van der Waals surface area contributed by atoms with Crippen molar-refractivity contribution in [1.82, 2.24) is 10.2 Å². The van der Waals surface area contributed by atoms with Crippen LogP contribution in [0.5, 0.6) is 0 Å². The van der Waals surface area contributed by atoms with Crippen molar-refractivity contribution in [3.8, 4) is 0 Å². The predicted molar refractivity (Wildman–Crippen MR) is 100 cm³/mol. The first-order valence-corrected chi connectivity index (χ1v) is 9.68. The molecule has 1 heterocycles. The van der Waals surface area contributed by atoms with Gasteiger partial charge in [0, 0.05) is 25.6 Å². The van der Waals surface area contributed by atoms with E-state index in [1.807, 2.05) is 34.5 Å². The molecule has 3 rings (SSSR count). The van der Waals surface area contributed by atoms with Gasteiger partial charge in [-0.25, -0.2) is 0 Å². The summed E-state index contributed by atoms with van der Waals surface area (Å²) >= 11 is 1.41. The molecule has 1 aromatic carbocycles. The monoisotopic (exact) mass is 356 g/mol. The smallest absolute Gasteiger partial charge is 0.261 e. The molecule has 1 saturated carbocycles. The maximum Gasteiger partial charge on any atom is 0.261 e. The zero-order valence-corrected chi connectivity index (χ0v) is 15.3. The van der Waals surface area contributed by atoms with E-state index in [1.165, 1.54) is 24.2 Å². The molecular weight excluding hydrogens is 332 g/mol. The number of nitrogens with zero attached hydrogens (tertiary/aromatic N) is 1. The molecule has 5 heteroatoms. The van der Waals surface area contributed by atoms with Gasteiger partial charge in [0.25, 0.3) is 5.91 Å². The van der Waals surface area contributed by atoms with Gasteiger partial charge in [-0.1, -0.05) is 36.4 Å². The second-order valence-electron chi connectivity index (χ2n) is 6.57. The van der Waals surface area contributed by atoms with Crippen molar-refractivity contribution in [1.29, 1.82) is 0 Å². The van der Waals surface area contributed by atoms with Crippen LogP contribution in [0, 0.1) is 5.92 Å². The standard InChI is InChI=1S/C20H24N2O2S/c1-15(17-9-10-17)22(14-16-6-3-2-4-7-16)19(23)11-12-21-20(24)18-8-5-13-25-18/h2-8,13,15,17H,9-12,14H2,1H3,(H,21,24). The second kappa shape index (κ2) is 8.30. The molecule has 0 bridgehead atoms. The minimum absolute atomic E-state index is 0.104. The third-order valence-electron chi connectivity index (χ3n) is 4.68. The minimum atomic E-state index is -0.104. The average molecular weight is 356 g/mol. The highest BCUT2D eigenvalue weighted by molar-refractivity contribution is 7.12. The van der Waals surface area contributed by atoms with E-state index in [9.17, 15) is 9.59 Å². The highest BCUT2D eigenvalue weighted by atomic mass is 32.1. The predicted octanol–water partition coefficient (Wildman–Crippen LogP) is 3.70. The molecule has 1 unspecified atom stereocenters. The molecule has 1 aromatic heterocycles. The Balaban J connectivity index is 1.56. The lowest BCUT2D eigenvalue weighted by atomic mass is 10.1. The number of nitrogens with one attached hydrogen (secondary N) is 1. The van der Waals surface area contributed by atoms with Gasteiger partial charge in [0.15, 0.2) is 0 Å². The molecule has 1 aliphatic rings. The van der Waals surface area contributed by atoms with Crippen LogP contribution in [0.1, 0.15) is 41.4 Å². The van der Waals surface area contributed by atoms with Crippen molar-refractivity contribution >= 4 is 23.2 Å². The Labute approximate surface area is 152 Å². The summed E-state index contributed by atoms with van der Waals surface area (Å²) in [5, 5.41) is 4.72. The average Bonchev–Trinajstić information content (AvgIpc) is 3.33. The number of benzene rings is 1. The number of rotatable bonds is 8. The van der Waals surface area contributed by atoms with Crippen LogP contribution in [-0.2, 0) is 11.3 Å². The van der Waals surface area contributed by atoms with Crippen molar-refractivity contribution in [2.45, 2.75) is 38.8 Å². The van der Waals surface area contributed by atoms with Crippen LogP contribution in [0.4, 0.5) is 0 Å². The summed E-state index contributed by atoms with van der Waals surface area (Å²) in [7, 11) is 0. The van der Waals surface area contributed by atoms with Gasteiger partial charge >= 0.3 is 0 Å². The normalized spacial score (nSPS) is 14.8. The number of thiophene rings is 1. The fraction of sp³-hybridized carbons (Fsp3) is 0.400. The largest absolute Gasteiger partial charge is 0.351 e. The van der Waals surface area contributed by atoms with Crippen molar-refractivity contribution in [2.75, 3.05) is 6.54 Å². The first kappa shape index (κ1) is 17.7. The van der Waals surface area contributed by atoms with Gasteiger partial charge in [-0.3, -0.25) is 9.59 Å². The van der Waals surface area contributed by atoms with Crippen LogP contribution in [0.25, 0.3) is 0 Å². The molecule has 0 radical (unpaired) electrons. The summed E-state index contributed by atoms with van der Waals surface area (Å²) in [6.45, 7) is 3.15. The molecule has 2 amide bonds. The maximum atomic E-state index is 12.8. The van der Waals surface area contributed by atoms with Gasteiger partial charge in [-0.05, 0) is 42.7 Å². The molecule has 0 aliphatic heterocycles. The van der Waals surface area contributed by atoms with E-state index in [2.05, 4.69) is 24.4 Å². The van der Waals surface area contributed by atoms with Gasteiger partial charge in [0.2, 0.25) is 5.91 Å². The molecule has 1 fully saturated rings. The Hall–Kier alpha value is -2.14. The van der Waals surface area contributed by atoms with Gasteiger partial charge in [0.1, 0.15) is 0 Å². The Kier molecular flexibility index (Phi) is 5.87. The molecule has 0 saturated heterocycles. The molecule has 1 atom stereocenters. The van der Waals surface area contributed by atoms with Gasteiger partial charge in [-0.15, -0.1) is 11.3 Å². The third kappa shape index (κ3) is 4.92. The van der Waals surface area contributed by atoms with E-state index in [1.54, 1.807) is 6.07 Å². The second-order valence-corrected chi connectivity index (χ2v) is 7.52. The number of carbonyl (C=O) groups is 2. The summed E-state index contributed by atoms with van der Waals surface area (Å²) in [6, 6.07) is 14.0. The number of hydrogen-bond donors (Lipinski definition) is 1. The zero-order valence-electron chi connectivity index (χ0n) is 14.5. The van der Waals surface area contributed by atoms with Crippen molar-refractivity contribution < 1.29 is 9.59 Å². The fourth-order valence-electron chi connectivity index (χ4n) is 2.99. The lowest BCUT2D eigenvalue weighted by Crippen LogP contribution is -2.41. The topological polar surface area (TPSA) is 49.4 Å². The van der Waals surface area contributed by atoms with Crippen molar-refractivity contribution in [3.63, 3.8) is 0 Å². The van der Waals surface area contributed by atoms with Crippen LogP contribution < -0.4 is 5.32 Å². The third-order valence-corrected chi connectivity index (χ3v) is 5.55. The van der Waals surface area contributed by atoms with Crippen molar-refractivity contribution in [3.05, 3.63) is 58.3 Å². The van der Waals surface area contributed by atoms with Crippen LogP contribution >= 0.6 is 11.3 Å². The van der Waals surface area contributed by atoms with E-state index in [-0.39, 0.29) is 17.9 Å². The molecule has 4 nitrogen and oxygen atoms in total. The van der Waals surface area contributed by atoms with E-state index in [0.29, 0.717) is 30.3 Å². The van der Waals surface area contributed by atoms with Crippen LogP contribution in [0.3, 0.4) is 0 Å². The number of amides is 2. The lowest BCUT2D eigenvalue weighted by Gasteiger charge is -2.30. The number of carbonyl (C=O) groups excluding carboxylic acids is 2. The molecule has 25 heavy (non-hydrogen) atoms. The summed E-state index contributed by atoms with van der Waals surface area (Å²) in [5.74, 6) is 0.621. The Morgan fingerprint density at radius 3 is 2.60 bits per heavy atom. The van der Waals surface area contributed by atoms with Crippen LogP contribution in [0.15, 0.2) is 47.8 Å². The molecule has 1 N–H and O–H groups in total. The minimum Gasteiger partial charge on any atom is -0.351 e. The maximum absolute atomic E-state index is 12.8. The SMILES string of the molecule is CC(C1CC1)N(Cc1ccccc1)C(=O)CCNC(=O)c1cccs1. The summed E-state index contributed by atoms with van der Waals surface area (Å²) in [5.41, 5.74) is 1.14. The Morgan fingerprint density at radius 1 is 1.20 bits per heavy atom. The van der Waals surface area contributed by atoms with E-state index >= 15 is 0 Å². The van der Waals surface area contributed by atoms with Gasteiger partial charge < -0.3 is 10.2 Å². The van der Waals surface area contributed by atoms with E-state index in [0.717, 1.165) is 5.56 Å². The fourth-order valence-corrected chi connectivity index (χ4v) is 3.63. The van der Waals surface area contributed by atoms with Crippen LogP contribution in [-0.4, -0.2) is 29.3 Å². The lowest BCUT2D eigenvalue weighted by molar-refractivity contribution is -0.134. The quantitative estimate of drug-likeness (QED) is 0.784. The molecule has 0 spiro atoms. The van der Waals surface area contributed by atoms with E-state index in [4.69, 9.17) is 0 Å². The first-order chi connectivity index (χ1) is 12.1. The summed E-state index contributed by atoms with van der Waals surface area (Å²) < 4.78 is 0. The Morgan fingerprint density at radius 2 is 1.96 bits per heavy atom. The highest BCUT2D eigenvalue weighted by Gasteiger charge is 2.34.